The van der Waals surface area contributed by atoms with Crippen molar-refractivity contribution in [3.63, 3.8) is 0 Å². The lowest BCUT2D eigenvalue weighted by molar-refractivity contribution is 0.0969. The number of thiocarbonyl (C=S) groups is 2. The highest BCUT2D eigenvalue weighted by Gasteiger charge is 2.12. The first-order valence-electron chi connectivity index (χ1n) is 9.38. The van der Waals surface area contributed by atoms with Crippen LogP contribution in [0.4, 0.5) is 11.4 Å². The van der Waals surface area contributed by atoms with E-state index in [9.17, 15) is 9.59 Å². The summed E-state index contributed by atoms with van der Waals surface area (Å²) >= 11 is 10.5. The molecule has 0 fully saturated rings. The Hall–Kier alpha value is -3.62. The molecule has 0 aliphatic carbocycles. The molecule has 0 atom stereocenters. The van der Waals surface area contributed by atoms with Crippen molar-refractivity contribution in [2.75, 3.05) is 10.6 Å². The van der Waals surface area contributed by atoms with Gasteiger partial charge in [0.25, 0.3) is 11.8 Å². The van der Waals surface area contributed by atoms with Crippen molar-refractivity contribution in [2.45, 2.75) is 6.92 Å². The number of hydrogen-bond donors (Lipinski definition) is 4. The topological polar surface area (TPSA) is 82.3 Å². The van der Waals surface area contributed by atoms with Gasteiger partial charge in [-0.15, -0.1) is 0 Å². The summed E-state index contributed by atoms with van der Waals surface area (Å²) in [4.78, 5) is 24.5. The average Bonchev–Trinajstić information content (AvgIpc) is 2.77. The molecule has 2 amide bonds. The molecule has 31 heavy (non-hydrogen) atoms. The molecule has 0 saturated carbocycles. The molecule has 3 rings (SSSR count). The first kappa shape index (κ1) is 22.1. The normalized spacial score (nSPS) is 9.97. The second-order valence-corrected chi connectivity index (χ2v) is 7.34. The molecule has 0 bridgehead atoms. The minimum absolute atomic E-state index is 0.175. The summed E-state index contributed by atoms with van der Waals surface area (Å²) in [5.74, 6) is -0.593. The maximum absolute atomic E-state index is 12.3. The Bertz CT molecular complexity index is 1030. The van der Waals surface area contributed by atoms with E-state index in [1.165, 1.54) is 0 Å². The van der Waals surface area contributed by atoms with E-state index in [-0.39, 0.29) is 22.0 Å². The zero-order valence-corrected chi connectivity index (χ0v) is 18.3. The lowest BCUT2D eigenvalue weighted by Crippen LogP contribution is -2.35. The smallest absolute Gasteiger partial charge is 0.257 e. The predicted octanol–water partition coefficient (Wildman–Crippen LogP) is 4.25. The van der Waals surface area contributed by atoms with Crippen LogP contribution in [0.1, 0.15) is 26.3 Å². The van der Waals surface area contributed by atoms with E-state index < -0.39 is 0 Å². The van der Waals surface area contributed by atoms with E-state index >= 15 is 0 Å². The Morgan fingerprint density at radius 1 is 0.613 bits per heavy atom. The van der Waals surface area contributed by atoms with E-state index in [4.69, 9.17) is 24.4 Å². The molecule has 0 spiro atoms. The predicted molar refractivity (Wildman–Crippen MR) is 131 cm³/mol. The summed E-state index contributed by atoms with van der Waals surface area (Å²) in [6.45, 7) is 1.87. The molecule has 0 heterocycles. The summed E-state index contributed by atoms with van der Waals surface area (Å²) in [6.07, 6.45) is 0. The van der Waals surface area contributed by atoms with Crippen molar-refractivity contribution in [1.82, 2.24) is 10.6 Å². The van der Waals surface area contributed by atoms with Crippen LogP contribution in [0.5, 0.6) is 0 Å². The van der Waals surface area contributed by atoms with Gasteiger partial charge >= 0.3 is 0 Å². The van der Waals surface area contributed by atoms with Crippen LogP contribution in [0.2, 0.25) is 0 Å². The monoisotopic (exact) mass is 448 g/mol. The van der Waals surface area contributed by atoms with Gasteiger partial charge in [-0.2, -0.15) is 0 Å². The van der Waals surface area contributed by atoms with Gasteiger partial charge in [-0.05, 0) is 73.3 Å². The zero-order valence-electron chi connectivity index (χ0n) is 16.6. The number of carbonyl (C=O) groups is 2. The lowest BCUT2D eigenvalue weighted by Gasteiger charge is -2.16. The molecule has 3 aromatic carbocycles. The molecule has 0 aromatic heterocycles. The van der Waals surface area contributed by atoms with Crippen LogP contribution in [0.25, 0.3) is 0 Å². The summed E-state index contributed by atoms with van der Waals surface area (Å²) < 4.78 is 0. The second kappa shape index (κ2) is 10.4. The van der Waals surface area contributed by atoms with Gasteiger partial charge in [0.05, 0.1) is 0 Å². The van der Waals surface area contributed by atoms with Gasteiger partial charge in [0, 0.05) is 22.5 Å². The molecule has 0 unspecified atom stereocenters. The summed E-state index contributed by atoms with van der Waals surface area (Å²) in [7, 11) is 0. The number of anilines is 2. The van der Waals surface area contributed by atoms with E-state index in [1.54, 1.807) is 54.6 Å². The van der Waals surface area contributed by atoms with Gasteiger partial charge in [-0.25, -0.2) is 0 Å². The van der Waals surface area contributed by atoms with Gasteiger partial charge in [-0.1, -0.05) is 42.5 Å². The average molecular weight is 449 g/mol. The number of rotatable bonds is 4. The number of nitrogens with one attached hydrogen (secondary N) is 4. The Labute approximate surface area is 191 Å². The van der Waals surface area contributed by atoms with Crippen molar-refractivity contribution >= 4 is 57.8 Å². The number of carbonyl (C=O) groups excluding carboxylic acids is 2. The van der Waals surface area contributed by atoms with Gasteiger partial charge < -0.3 is 10.6 Å². The zero-order chi connectivity index (χ0) is 22.2. The molecular formula is C23H20N4O2S2. The fourth-order valence-electron chi connectivity index (χ4n) is 2.74. The number of amides is 2. The Balaban J connectivity index is 1.61. The molecule has 156 valence electrons. The van der Waals surface area contributed by atoms with Crippen LogP contribution in [0.3, 0.4) is 0 Å². The maximum Gasteiger partial charge on any atom is 0.257 e. The minimum atomic E-state index is -0.296. The van der Waals surface area contributed by atoms with E-state index in [1.807, 2.05) is 31.2 Å². The van der Waals surface area contributed by atoms with Crippen molar-refractivity contribution in [3.05, 3.63) is 95.6 Å². The molecule has 0 aliphatic rings. The Morgan fingerprint density at radius 2 is 1.00 bits per heavy atom. The second-order valence-electron chi connectivity index (χ2n) is 6.53. The SMILES string of the molecule is Cc1c(NC(=S)NC(=O)c2ccccc2)cccc1NC(=S)NC(=O)c1ccccc1. The van der Waals surface area contributed by atoms with Crippen molar-refractivity contribution in [2.24, 2.45) is 0 Å². The van der Waals surface area contributed by atoms with E-state index in [0.717, 1.165) is 5.56 Å². The summed E-state index contributed by atoms with van der Waals surface area (Å²) in [5, 5.41) is 11.7. The molecule has 8 heteroatoms. The van der Waals surface area contributed by atoms with Crippen LogP contribution < -0.4 is 21.3 Å². The van der Waals surface area contributed by atoms with Crippen LogP contribution in [0, 0.1) is 6.92 Å². The van der Waals surface area contributed by atoms with E-state index in [0.29, 0.717) is 22.5 Å². The van der Waals surface area contributed by atoms with E-state index in [2.05, 4.69) is 21.3 Å². The third kappa shape index (κ3) is 6.18. The van der Waals surface area contributed by atoms with Crippen LogP contribution in [-0.2, 0) is 0 Å². The fraction of sp³-hybridized carbons (Fsp3) is 0.0435. The highest BCUT2D eigenvalue weighted by Crippen LogP contribution is 2.23. The number of hydrogen-bond acceptors (Lipinski definition) is 4. The number of benzene rings is 3. The molecule has 3 aromatic rings. The third-order valence-corrected chi connectivity index (χ3v) is 4.76. The summed E-state index contributed by atoms with van der Waals surface area (Å²) in [5.41, 5.74) is 3.23. The molecule has 4 N–H and O–H groups in total. The van der Waals surface area contributed by atoms with Gasteiger partial charge in [-0.3, -0.25) is 20.2 Å². The van der Waals surface area contributed by atoms with Crippen molar-refractivity contribution in [3.8, 4) is 0 Å². The van der Waals surface area contributed by atoms with Gasteiger partial charge in [0.15, 0.2) is 10.2 Å². The third-order valence-electron chi connectivity index (χ3n) is 4.36. The minimum Gasteiger partial charge on any atom is -0.332 e. The van der Waals surface area contributed by atoms with Gasteiger partial charge in [0.1, 0.15) is 0 Å². The largest absolute Gasteiger partial charge is 0.332 e. The maximum atomic E-state index is 12.3. The van der Waals surface area contributed by atoms with Crippen molar-refractivity contribution in [1.29, 1.82) is 0 Å². The molecule has 0 saturated heterocycles. The van der Waals surface area contributed by atoms with Crippen molar-refractivity contribution < 1.29 is 9.59 Å². The first-order chi connectivity index (χ1) is 14.9. The van der Waals surface area contributed by atoms with Crippen LogP contribution in [-0.4, -0.2) is 22.0 Å². The first-order valence-corrected chi connectivity index (χ1v) is 10.2. The standard InChI is InChI=1S/C23H20N4O2S2/c1-15-18(24-22(30)26-20(28)16-9-4-2-5-10-16)13-8-14-19(15)25-23(31)27-21(29)17-11-6-3-7-12-17/h2-14H,1H3,(H2,24,26,28,30)(H2,25,27,29,31). The molecular weight excluding hydrogens is 428 g/mol. The Morgan fingerprint density at radius 3 is 1.39 bits per heavy atom. The molecule has 0 radical (unpaired) electrons. The van der Waals surface area contributed by atoms with Gasteiger partial charge in [0.2, 0.25) is 0 Å². The molecule has 0 aliphatic heterocycles. The molecule has 6 nitrogen and oxygen atoms in total. The lowest BCUT2D eigenvalue weighted by atomic mass is 10.1. The quantitative estimate of drug-likeness (QED) is 0.447. The van der Waals surface area contributed by atoms with Crippen LogP contribution >= 0.6 is 24.4 Å². The van der Waals surface area contributed by atoms with Crippen LogP contribution in [0.15, 0.2) is 78.9 Å². The summed E-state index contributed by atoms with van der Waals surface area (Å²) in [6, 6.07) is 23.1. The highest BCUT2D eigenvalue weighted by molar-refractivity contribution is 7.80. The fourth-order valence-corrected chi connectivity index (χ4v) is 3.15. The highest BCUT2D eigenvalue weighted by atomic mass is 32.1. The Kier molecular flexibility index (Phi) is 7.42.